The molecule has 0 bridgehead atoms. The van der Waals surface area contributed by atoms with E-state index in [2.05, 4.69) is 5.32 Å². The first kappa shape index (κ1) is 14.4. The summed E-state index contributed by atoms with van der Waals surface area (Å²) in [5.41, 5.74) is 0.714. The summed E-state index contributed by atoms with van der Waals surface area (Å²) in [6, 6.07) is 3.03. The fourth-order valence-electron chi connectivity index (χ4n) is 2.51. The summed E-state index contributed by atoms with van der Waals surface area (Å²) < 4.78 is 33.5. The molecular formula is C15H21F2NO. The molecule has 0 aromatic heterocycles. The van der Waals surface area contributed by atoms with Gasteiger partial charge in [-0.25, -0.2) is 8.78 Å². The Bertz CT molecular complexity index is 430. The van der Waals surface area contributed by atoms with Crippen LogP contribution in [0, 0.1) is 18.6 Å². The third-order valence-corrected chi connectivity index (χ3v) is 3.59. The number of hydrogen-bond acceptors (Lipinski definition) is 2. The van der Waals surface area contributed by atoms with Gasteiger partial charge in [0.2, 0.25) is 0 Å². The van der Waals surface area contributed by atoms with Crippen LogP contribution in [0.4, 0.5) is 8.78 Å². The smallest absolute Gasteiger partial charge is 0.163 e. The third-order valence-electron chi connectivity index (χ3n) is 3.59. The second-order valence-electron chi connectivity index (χ2n) is 5.08. The number of halogens is 2. The molecule has 1 heterocycles. The molecular weight excluding hydrogens is 248 g/mol. The predicted molar refractivity (Wildman–Crippen MR) is 71.1 cm³/mol. The Morgan fingerprint density at radius 1 is 1.37 bits per heavy atom. The van der Waals surface area contributed by atoms with Gasteiger partial charge >= 0.3 is 0 Å². The number of hydrogen-bond donors (Lipinski definition) is 1. The number of ether oxygens (including phenoxy) is 1. The molecule has 2 atom stereocenters. The van der Waals surface area contributed by atoms with Crippen LogP contribution in [0.5, 0.6) is 0 Å². The molecule has 0 spiro atoms. The lowest BCUT2D eigenvalue weighted by atomic mass is 9.97. The van der Waals surface area contributed by atoms with Crippen molar-refractivity contribution in [2.24, 2.45) is 0 Å². The van der Waals surface area contributed by atoms with Gasteiger partial charge in [-0.1, -0.05) is 19.1 Å². The highest BCUT2D eigenvalue weighted by atomic mass is 19.2. The van der Waals surface area contributed by atoms with E-state index in [4.69, 9.17) is 4.74 Å². The van der Waals surface area contributed by atoms with E-state index in [0.717, 1.165) is 25.8 Å². The summed E-state index contributed by atoms with van der Waals surface area (Å²) in [7, 11) is 0. The van der Waals surface area contributed by atoms with Crippen LogP contribution >= 0.6 is 0 Å². The van der Waals surface area contributed by atoms with Crippen molar-refractivity contribution in [3.8, 4) is 0 Å². The van der Waals surface area contributed by atoms with Crippen molar-refractivity contribution in [3.05, 3.63) is 34.9 Å². The first-order valence-corrected chi connectivity index (χ1v) is 6.94. The van der Waals surface area contributed by atoms with Gasteiger partial charge in [0.15, 0.2) is 11.6 Å². The highest BCUT2D eigenvalue weighted by molar-refractivity contribution is 5.28. The highest BCUT2D eigenvalue weighted by Crippen LogP contribution is 2.30. The van der Waals surface area contributed by atoms with Gasteiger partial charge in [-0.2, -0.15) is 0 Å². The van der Waals surface area contributed by atoms with Crippen LogP contribution in [-0.4, -0.2) is 19.3 Å². The van der Waals surface area contributed by atoms with Gasteiger partial charge in [-0.05, 0) is 38.3 Å². The third kappa shape index (κ3) is 3.12. The maximum Gasteiger partial charge on any atom is 0.163 e. The summed E-state index contributed by atoms with van der Waals surface area (Å²) >= 11 is 0. The Morgan fingerprint density at radius 2 is 2.16 bits per heavy atom. The second-order valence-corrected chi connectivity index (χ2v) is 5.08. The van der Waals surface area contributed by atoms with E-state index in [1.54, 1.807) is 19.1 Å². The topological polar surface area (TPSA) is 21.3 Å². The van der Waals surface area contributed by atoms with Crippen LogP contribution in [0.1, 0.15) is 43.4 Å². The second kappa shape index (κ2) is 6.44. The average Bonchev–Trinajstić information content (AvgIpc) is 2.92. The van der Waals surface area contributed by atoms with E-state index in [-0.39, 0.29) is 12.1 Å². The lowest BCUT2D eigenvalue weighted by Gasteiger charge is -2.25. The van der Waals surface area contributed by atoms with Crippen LogP contribution in [0.25, 0.3) is 0 Å². The summed E-state index contributed by atoms with van der Waals surface area (Å²) in [5, 5.41) is 3.28. The minimum atomic E-state index is -0.751. The van der Waals surface area contributed by atoms with Crippen molar-refractivity contribution in [3.63, 3.8) is 0 Å². The van der Waals surface area contributed by atoms with Gasteiger partial charge in [0.05, 0.1) is 12.1 Å². The van der Waals surface area contributed by atoms with E-state index in [0.29, 0.717) is 17.7 Å². The molecule has 2 nitrogen and oxygen atoms in total. The standard InChI is InChI=1S/C15H21F2NO/c1-3-8-18-15(12-5-4-9-19-12)11-7-6-10(2)13(16)14(11)17/h6-7,12,15,18H,3-5,8-9H2,1-2H3. The lowest BCUT2D eigenvalue weighted by Crippen LogP contribution is -2.33. The summed E-state index contributed by atoms with van der Waals surface area (Å²) in [6.07, 6.45) is 2.74. The SMILES string of the molecule is CCCNC(c1ccc(C)c(F)c1F)C1CCCO1. The molecule has 1 saturated heterocycles. The normalized spacial score (nSPS) is 20.7. The lowest BCUT2D eigenvalue weighted by molar-refractivity contribution is 0.0769. The summed E-state index contributed by atoms with van der Waals surface area (Å²) in [5.74, 6) is -1.50. The van der Waals surface area contributed by atoms with E-state index in [1.165, 1.54) is 0 Å². The van der Waals surface area contributed by atoms with Gasteiger partial charge in [0.1, 0.15) is 0 Å². The summed E-state index contributed by atoms with van der Waals surface area (Å²) in [6.45, 7) is 5.08. The zero-order valence-corrected chi connectivity index (χ0v) is 11.5. The Balaban J connectivity index is 2.28. The zero-order chi connectivity index (χ0) is 13.8. The molecule has 0 saturated carbocycles. The van der Waals surface area contributed by atoms with Gasteiger partial charge < -0.3 is 10.1 Å². The van der Waals surface area contributed by atoms with Gasteiger partial charge in [-0.15, -0.1) is 0 Å². The Kier molecular flexibility index (Phi) is 4.88. The molecule has 1 N–H and O–H groups in total. The molecule has 1 aromatic rings. The zero-order valence-electron chi connectivity index (χ0n) is 11.5. The van der Waals surface area contributed by atoms with Crippen LogP contribution in [0.3, 0.4) is 0 Å². The van der Waals surface area contributed by atoms with E-state index < -0.39 is 11.6 Å². The quantitative estimate of drug-likeness (QED) is 0.883. The van der Waals surface area contributed by atoms with E-state index >= 15 is 0 Å². The Labute approximate surface area is 113 Å². The Hall–Kier alpha value is -1.00. The number of rotatable bonds is 5. The van der Waals surface area contributed by atoms with Gasteiger partial charge in [0.25, 0.3) is 0 Å². The monoisotopic (exact) mass is 269 g/mol. The maximum atomic E-state index is 14.1. The van der Waals surface area contributed by atoms with Crippen LogP contribution in [-0.2, 0) is 4.74 Å². The largest absolute Gasteiger partial charge is 0.376 e. The van der Waals surface area contributed by atoms with Crippen molar-refractivity contribution in [1.29, 1.82) is 0 Å². The molecule has 106 valence electrons. The average molecular weight is 269 g/mol. The fourth-order valence-corrected chi connectivity index (χ4v) is 2.51. The van der Waals surface area contributed by atoms with E-state index in [1.807, 2.05) is 6.92 Å². The number of aryl methyl sites for hydroxylation is 1. The minimum Gasteiger partial charge on any atom is -0.376 e. The van der Waals surface area contributed by atoms with Crippen molar-refractivity contribution in [1.82, 2.24) is 5.32 Å². The van der Waals surface area contributed by atoms with Crippen molar-refractivity contribution in [2.75, 3.05) is 13.2 Å². The summed E-state index contributed by atoms with van der Waals surface area (Å²) in [4.78, 5) is 0. The van der Waals surface area contributed by atoms with Crippen LogP contribution in [0.2, 0.25) is 0 Å². The molecule has 1 aliphatic rings. The predicted octanol–water partition coefficient (Wildman–Crippen LogP) is 3.49. The molecule has 0 amide bonds. The molecule has 0 aliphatic carbocycles. The number of nitrogens with one attached hydrogen (secondary N) is 1. The van der Waals surface area contributed by atoms with E-state index in [9.17, 15) is 8.78 Å². The van der Waals surface area contributed by atoms with Crippen molar-refractivity contribution in [2.45, 2.75) is 45.3 Å². The first-order valence-electron chi connectivity index (χ1n) is 6.94. The molecule has 1 fully saturated rings. The van der Waals surface area contributed by atoms with Gasteiger partial charge in [0, 0.05) is 12.2 Å². The molecule has 19 heavy (non-hydrogen) atoms. The highest BCUT2D eigenvalue weighted by Gasteiger charge is 2.30. The molecule has 0 radical (unpaired) electrons. The molecule has 1 aromatic carbocycles. The molecule has 1 aliphatic heterocycles. The van der Waals surface area contributed by atoms with Gasteiger partial charge in [-0.3, -0.25) is 0 Å². The Morgan fingerprint density at radius 3 is 2.79 bits per heavy atom. The fraction of sp³-hybridized carbons (Fsp3) is 0.600. The van der Waals surface area contributed by atoms with Crippen molar-refractivity contribution < 1.29 is 13.5 Å². The maximum absolute atomic E-state index is 14.1. The minimum absolute atomic E-state index is 0.0665. The first-order chi connectivity index (χ1) is 9.15. The van der Waals surface area contributed by atoms with Crippen LogP contribution < -0.4 is 5.32 Å². The van der Waals surface area contributed by atoms with Crippen molar-refractivity contribution >= 4 is 0 Å². The van der Waals surface area contributed by atoms with Crippen LogP contribution in [0.15, 0.2) is 12.1 Å². The molecule has 4 heteroatoms. The molecule has 2 unspecified atom stereocenters. The molecule has 2 rings (SSSR count). The number of benzene rings is 1.